The lowest BCUT2D eigenvalue weighted by Gasteiger charge is -2.05. The fourth-order valence-corrected chi connectivity index (χ4v) is 2.60. The molecule has 1 amide bonds. The van der Waals surface area contributed by atoms with E-state index in [2.05, 4.69) is 35.5 Å². The molecule has 122 valence electrons. The second-order valence-electron chi connectivity index (χ2n) is 6.17. The molecular formula is C20H21N3O. The topological polar surface area (TPSA) is 46.9 Å². The minimum Gasteiger partial charge on any atom is -0.319 e. The molecule has 0 radical (unpaired) electrons. The Labute approximate surface area is 142 Å². The van der Waals surface area contributed by atoms with Gasteiger partial charge in [0, 0.05) is 11.8 Å². The Morgan fingerprint density at radius 2 is 1.92 bits per heavy atom. The van der Waals surface area contributed by atoms with Crippen molar-refractivity contribution < 1.29 is 4.79 Å². The molecule has 1 aromatic heterocycles. The number of aryl methyl sites for hydroxylation is 3. The van der Waals surface area contributed by atoms with Gasteiger partial charge in [-0.25, -0.2) is 0 Å². The predicted octanol–water partition coefficient (Wildman–Crippen LogP) is 4.11. The molecule has 0 fully saturated rings. The molecule has 1 N–H and O–H groups in total. The van der Waals surface area contributed by atoms with E-state index in [1.54, 1.807) is 6.20 Å². The highest BCUT2D eigenvalue weighted by molar-refractivity contribution is 6.04. The number of rotatable bonds is 4. The molecule has 3 aromatic rings. The van der Waals surface area contributed by atoms with Gasteiger partial charge < -0.3 is 5.32 Å². The van der Waals surface area contributed by atoms with Crippen molar-refractivity contribution in [3.05, 3.63) is 82.7 Å². The lowest BCUT2D eigenvalue weighted by Crippen LogP contribution is -2.11. The van der Waals surface area contributed by atoms with Gasteiger partial charge >= 0.3 is 0 Å². The van der Waals surface area contributed by atoms with Gasteiger partial charge in [0.25, 0.3) is 5.91 Å². The van der Waals surface area contributed by atoms with Gasteiger partial charge in [0.2, 0.25) is 0 Å². The predicted molar refractivity (Wildman–Crippen MR) is 96.4 cm³/mol. The maximum absolute atomic E-state index is 12.3. The van der Waals surface area contributed by atoms with Crippen LogP contribution in [0.1, 0.15) is 32.6 Å². The highest BCUT2D eigenvalue weighted by atomic mass is 16.1. The SMILES string of the molecule is Cc1cccc(Cn2cc(NC(=O)c3ccc(C)c(C)c3)cn2)c1. The van der Waals surface area contributed by atoms with Gasteiger partial charge in [0.1, 0.15) is 0 Å². The van der Waals surface area contributed by atoms with Crippen LogP contribution in [-0.2, 0) is 6.54 Å². The Kier molecular flexibility index (Phi) is 4.47. The number of carbonyl (C=O) groups excluding carboxylic acids is 1. The van der Waals surface area contributed by atoms with E-state index in [1.165, 1.54) is 16.7 Å². The molecule has 0 saturated carbocycles. The Hall–Kier alpha value is -2.88. The smallest absolute Gasteiger partial charge is 0.255 e. The van der Waals surface area contributed by atoms with E-state index in [0.29, 0.717) is 17.8 Å². The van der Waals surface area contributed by atoms with E-state index in [1.807, 2.05) is 49.0 Å². The lowest BCUT2D eigenvalue weighted by atomic mass is 10.1. The average molecular weight is 319 g/mol. The van der Waals surface area contributed by atoms with Crippen LogP contribution in [0.5, 0.6) is 0 Å². The highest BCUT2D eigenvalue weighted by Gasteiger charge is 2.09. The summed E-state index contributed by atoms with van der Waals surface area (Å²) in [5.74, 6) is -0.117. The third kappa shape index (κ3) is 3.71. The fraction of sp³-hybridized carbons (Fsp3) is 0.200. The number of carbonyl (C=O) groups is 1. The molecule has 0 aliphatic heterocycles. The maximum atomic E-state index is 12.3. The minimum atomic E-state index is -0.117. The zero-order chi connectivity index (χ0) is 17.1. The number of nitrogens with zero attached hydrogens (tertiary/aromatic N) is 2. The van der Waals surface area contributed by atoms with Gasteiger partial charge in [-0.15, -0.1) is 0 Å². The number of hydrogen-bond acceptors (Lipinski definition) is 2. The second kappa shape index (κ2) is 6.71. The normalized spacial score (nSPS) is 10.6. The number of aromatic nitrogens is 2. The van der Waals surface area contributed by atoms with Gasteiger partial charge in [0.05, 0.1) is 18.4 Å². The van der Waals surface area contributed by atoms with Crippen molar-refractivity contribution in [2.45, 2.75) is 27.3 Å². The molecule has 0 saturated heterocycles. The molecule has 1 heterocycles. The van der Waals surface area contributed by atoms with Crippen LogP contribution in [0.15, 0.2) is 54.9 Å². The van der Waals surface area contributed by atoms with Crippen molar-refractivity contribution >= 4 is 11.6 Å². The number of benzene rings is 2. The summed E-state index contributed by atoms with van der Waals surface area (Å²) in [6.45, 7) is 6.79. The Morgan fingerprint density at radius 1 is 1.08 bits per heavy atom. The Balaban J connectivity index is 1.69. The van der Waals surface area contributed by atoms with E-state index in [4.69, 9.17) is 0 Å². The molecule has 0 bridgehead atoms. The van der Waals surface area contributed by atoms with Crippen molar-refractivity contribution in [2.24, 2.45) is 0 Å². The zero-order valence-corrected chi connectivity index (χ0v) is 14.2. The van der Waals surface area contributed by atoms with E-state index in [0.717, 1.165) is 5.56 Å². The van der Waals surface area contributed by atoms with E-state index >= 15 is 0 Å². The second-order valence-corrected chi connectivity index (χ2v) is 6.17. The Bertz CT molecular complexity index is 880. The number of hydrogen-bond donors (Lipinski definition) is 1. The van der Waals surface area contributed by atoms with Gasteiger partial charge in [-0.3, -0.25) is 9.48 Å². The van der Waals surface area contributed by atoms with Crippen LogP contribution in [0.3, 0.4) is 0 Å². The summed E-state index contributed by atoms with van der Waals surface area (Å²) in [6.07, 6.45) is 3.52. The first-order valence-electron chi connectivity index (χ1n) is 7.98. The van der Waals surface area contributed by atoms with Crippen LogP contribution in [0.25, 0.3) is 0 Å². The third-order valence-electron chi connectivity index (χ3n) is 4.09. The number of amides is 1. The van der Waals surface area contributed by atoms with E-state index in [-0.39, 0.29) is 5.91 Å². The quantitative estimate of drug-likeness (QED) is 0.786. The van der Waals surface area contributed by atoms with Crippen molar-refractivity contribution in [2.75, 3.05) is 5.32 Å². The molecule has 0 spiro atoms. The van der Waals surface area contributed by atoms with Gasteiger partial charge in [-0.1, -0.05) is 35.9 Å². The monoisotopic (exact) mass is 319 g/mol. The van der Waals surface area contributed by atoms with Crippen molar-refractivity contribution in [1.82, 2.24) is 9.78 Å². The van der Waals surface area contributed by atoms with Crippen LogP contribution in [0.2, 0.25) is 0 Å². The van der Waals surface area contributed by atoms with Crippen LogP contribution >= 0.6 is 0 Å². The summed E-state index contributed by atoms with van der Waals surface area (Å²) in [4.78, 5) is 12.3. The lowest BCUT2D eigenvalue weighted by molar-refractivity contribution is 0.102. The van der Waals surface area contributed by atoms with Crippen molar-refractivity contribution in [1.29, 1.82) is 0 Å². The van der Waals surface area contributed by atoms with Crippen molar-refractivity contribution in [3.8, 4) is 0 Å². The minimum absolute atomic E-state index is 0.117. The molecule has 0 aliphatic carbocycles. The summed E-state index contributed by atoms with van der Waals surface area (Å²) in [7, 11) is 0. The van der Waals surface area contributed by atoms with Crippen LogP contribution in [0, 0.1) is 20.8 Å². The molecule has 24 heavy (non-hydrogen) atoms. The van der Waals surface area contributed by atoms with Gasteiger partial charge in [-0.2, -0.15) is 5.10 Å². The summed E-state index contributed by atoms with van der Waals surface area (Å²) in [5, 5.41) is 7.22. The summed E-state index contributed by atoms with van der Waals surface area (Å²) in [6, 6.07) is 14.0. The standard InChI is InChI=1S/C20H21N3O/c1-14-5-4-6-17(9-14)12-23-13-19(11-21-23)22-20(24)18-8-7-15(2)16(3)10-18/h4-11,13H,12H2,1-3H3,(H,22,24). The molecule has 0 unspecified atom stereocenters. The average Bonchev–Trinajstić information content (AvgIpc) is 2.97. The maximum Gasteiger partial charge on any atom is 0.255 e. The van der Waals surface area contributed by atoms with Gasteiger partial charge in [-0.05, 0) is 49.6 Å². The zero-order valence-electron chi connectivity index (χ0n) is 14.2. The van der Waals surface area contributed by atoms with Gasteiger partial charge in [0.15, 0.2) is 0 Å². The largest absolute Gasteiger partial charge is 0.319 e. The summed E-state index contributed by atoms with van der Waals surface area (Å²) in [5.41, 5.74) is 6.05. The van der Waals surface area contributed by atoms with E-state index < -0.39 is 0 Å². The fourth-order valence-electron chi connectivity index (χ4n) is 2.60. The van der Waals surface area contributed by atoms with Crippen LogP contribution < -0.4 is 5.32 Å². The first-order valence-corrected chi connectivity index (χ1v) is 7.98. The highest BCUT2D eigenvalue weighted by Crippen LogP contribution is 2.13. The van der Waals surface area contributed by atoms with Crippen molar-refractivity contribution in [3.63, 3.8) is 0 Å². The molecule has 3 rings (SSSR count). The Morgan fingerprint density at radius 3 is 2.67 bits per heavy atom. The first-order chi connectivity index (χ1) is 11.5. The molecule has 0 atom stereocenters. The van der Waals surface area contributed by atoms with Crippen LogP contribution in [0.4, 0.5) is 5.69 Å². The molecule has 4 nitrogen and oxygen atoms in total. The van der Waals surface area contributed by atoms with Crippen LogP contribution in [-0.4, -0.2) is 15.7 Å². The summed E-state index contributed by atoms with van der Waals surface area (Å²) < 4.78 is 1.82. The molecule has 4 heteroatoms. The first kappa shape index (κ1) is 16.0. The third-order valence-corrected chi connectivity index (χ3v) is 4.09. The summed E-state index contributed by atoms with van der Waals surface area (Å²) >= 11 is 0. The molecular weight excluding hydrogens is 298 g/mol. The van der Waals surface area contributed by atoms with E-state index in [9.17, 15) is 4.79 Å². The molecule has 2 aromatic carbocycles. The number of nitrogens with one attached hydrogen (secondary N) is 1. The molecule has 0 aliphatic rings. The number of anilines is 1.